The van der Waals surface area contributed by atoms with Crippen molar-refractivity contribution in [3.63, 3.8) is 0 Å². The number of benzene rings is 3. The normalized spacial score (nSPS) is 14.8. The van der Waals surface area contributed by atoms with E-state index in [0.29, 0.717) is 4.90 Å². The molecule has 0 atom stereocenters. The molecule has 1 saturated heterocycles. The van der Waals surface area contributed by atoms with E-state index >= 15 is 0 Å². The van der Waals surface area contributed by atoms with E-state index in [0.717, 1.165) is 12.1 Å². The van der Waals surface area contributed by atoms with Gasteiger partial charge in [0, 0.05) is 12.1 Å². The van der Waals surface area contributed by atoms with Gasteiger partial charge >= 0.3 is 16.1 Å². The van der Waals surface area contributed by atoms with Crippen LogP contribution in [0.2, 0.25) is 0 Å². The van der Waals surface area contributed by atoms with Gasteiger partial charge in [-0.3, -0.25) is 25.0 Å². The summed E-state index contributed by atoms with van der Waals surface area (Å²) in [5.74, 6) is -2.18. The summed E-state index contributed by atoms with van der Waals surface area (Å²) in [7, 11) is -4.22. The Morgan fingerprint density at radius 3 is 2.44 bits per heavy atom. The number of imide groups is 2. The average Bonchev–Trinajstić information content (AvgIpc) is 2.89. The lowest BCUT2D eigenvalue weighted by atomic mass is 10.1. The number of anilines is 1. The molecule has 3 aromatic carbocycles. The quantitative estimate of drug-likeness (QED) is 0.129. The van der Waals surface area contributed by atoms with Gasteiger partial charge in [-0.1, -0.05) is 24.3 Å². The van der Waals surface area contributed by atoms with Gasteiger partial charge in [-0.05, 0) is 64.8 Å². The lowest BCUT2D eigenvalue weighted by Gasteiger charge is -2.26. The molecule has 4 amide bonds. The van der Waals surface area contributed by atoms with Crippen LogP contribution in [-0.2, 0) is 19.7 Å². The first-order chi connectivity index (χ1) is 18.5. The molecule has 39 heavy (non-hydrogen) atoms. The minimum Gasteiger partial charge on any atom is -0.490 e. The highest BCUT2D eigenvalue weighted by molar-refractivity contribution is 9.10. The van der Waals surface area contributed by atoms with E-state index in [1.807, 2.05) is 5.32 Å². The topological polar surface area (TPSA) is 162 Å². The Morgan fingerprint density at radius 1 is 1.05 bits per heavy atom. The van der Waals surface area contributed by atoms with Gasteiger partial charge in [0.1, 0.15) is 10.5 Å². The largest absolute Gasteiger partial charge is 0.490 e. The molecule has 1 N–H and O–H groups in total. The van der Waals surface area contributed by atoms with Crippen LogP contribution >= 0.6 is 15.9 Å². The predicted molar refractivity (Wildman–Crippen MR) is 142 cm³/mol. The third-order valence-electron chi connectivity index (χ3n) is 5.27. The van der Waals surface area contributed by atoms with Crippen LogP contribution < -0.4 is 19.1 Å². The molecule has 1 aliphatic heterocycles. The number of non-ortho nitro benzene ring substituents is 1. The molecular weight excluding hydrogens is 598 g/mol. The molecule has 1 heterocycles. The molecule has 1 aliphatic rings. The summed E-state index contributed by atoms with van der Waals surface area (Å²) >= 11 is 3.26. The van der Waals surface area contributed by atoms with E-state index < -0.39 is 38.5 Å². The molecule has 0 radical (unpaired) electrons. The fraction of sp³-hybridized carbons (Fsp3) is 0.0800. The first-order valence-corrected chi connectivity index (χ1v) is 13.3. The lowest BCUT2D eigenvalue weighted by molar-refractivity contribution is -0.384. The number of urea groups is 1. The molecule has 14 heteroatoms. The number of halogens is 1. The minimum absolute atomic E-state index is 0.00601. The smallest absolute Gasteiger partial charge is 0.339 e. The first kappa shape index (κ1) is 27.5. The summed E-state index contributed by atoms with van der Waals surface area (Å²) in [4.78, 5) is 49.2. The van der Waals surface area contributed by atoms with E-state index in [4.69, 9.17) is 8.92 Å². The zero-order chi connectivity index (χ0) is 28.3. The number of hydrogen-bond donors (Lipinski definition) is 1. The minimum atomic E-state index is -4.22. The van der Waals surface area contributed by atoms with Crippen LogP contribution in [0.4, 0.5) is 16.2 Å². The van der Waals surface area contributed by atoms with Gasteiger partial charge in [-0.2, -0.15) is 8.42 Å². The highest BCUT2D eigenvalue weighted by atomic mass is 79.9. The SMILES string of the molecule is CCOc1cc(/C=C2\C(=O)NC(=O)N(c3cccc([N+](=O)[O-])c3)C2=O)cc(Br)c1OS(=O)(=O)c1ccccc1. The molecule has 0 bridgehead atoms. The molecule has 200 valence electrons. The number of rotatable bonds is 8. The van der Waals surface area contributed by atoms with Crippen LogP contribution in [0.1, 0.15) is 12.5 Å². The second kappa shape index (κ2) is 11.0. The van der Waals surface area contributed by atoms with Crippen molar-refractivity contribution in [1.82, 2.24) is 5.32 Å². The summed E-state index contributed by atoms with van der Waals surface area (Å²) in [5, 5.41) is 13.2. The highest BCUT2D eigenvalue weighted by Crippen LogP contribution is 2.39. The van der Waals surface area contributed by atoms with Gasteiger partial charge in [0.05, 0.1) is 21.7 Å². The summed E-state index contributed by atoms with van der Waals surface area (Å²) in [6.45, 7) is 1.79. The molecule has 0 unspecified atom stereocenters. The third-order valence-corrected chi connectivity index (χ3v) is 7.09. The molecule has 0 aromatic heterocycles. The Bertz CT molecular complexity index is 1640. The summed E-state index contributed by atoms with van der Waals surface area (Å²) in [5.41, 5.74) is -0.708. The second-order valence-corrected chi connectivity index (χ2v) is 10.2. The van der Waals surface area contributed by atoms with Crippen LogP contribution in [0.15, 0.2) is 81.7 Å². The number of carbonyl (C=O) groups excluding carboxylic acids is 3. The van der Waals surface area contributed by atoms with Crippen molar-refractivity contribution in [2.45, 2.75) is 11.8 Å². The van der Waals surface area contributed by atoms with Gasteiger partial charge in [0.25, 0.3) is 17.5 Å². The number of barbiturate groups is 1. The van der Waals surface area contributed by atoms with Crippen molar-refractivity contribution < 1.29 is 36.6 Å². The standard InChI is InChI=1S/C25H18BrN3O9S/c1-2-37-21-13-15(12-20(26)22(21)38-39(35,36)18-9-4-3-5-10-18)11-19-23(30)27-25(32)28(24(19)31)16-7-6-8-17(14-16)29(33)34/h3-14H,2H2,1H3,(H,27,30,32)/b19-11+. The molecule has 0 saturated carbocycles. The van der Waals surface area contributed by atoms with Crippen LogP contribution in [0.3, 0.4) is 0 Å². The molecule has 0 aliphatic carbocycles. The van der Waals surface area contributed by atoms with Gasteiger partial charge in [-0.25, -0.2) is 9.69 Å². The van der Waals surface area contributed by atoms with E-state index in [1.165, 1.54) is 54.6 Å². The maximum atomic E-state index is 13.2. The van der Waals surface area contributed by atoms with E-state index in [9.17, 15) is 32.9 Å². The third kappa shape index (κ3) is 5.81. The Morgan fingerprint density at radius 2 is 1.77 bits per heavy atom. The zero-order valence-corrected chi connectivity index (χ0v) is 22.4. The number of hydrogen-bond acceptors (Lipinski definition) is 9. The molecule has 1 fully saturated rings. The van der Waals surface area contributed by atoms with Crippen LogP contribution in [0.25, 0.3) is 6.08 Å². The number of nitro groups is 1. The number of nitrogens with one attached hydrogen (secondary N) is 1. The predicted octanol–water partition coefficient (Wildman–Crippen LogP) is 4.19. The number of ether oxygens (including phenoxy) is 1. The fourth-order valence-electron chi connectivity index (χ4n) is 3.56. The maximum absolute atomic E-state index is 13.2. The summed E-state index contributed by atoms with van der Waals surface area (Å²) in [6.07, 6.45) is 1.16. The highest BCUT2D eigenvalue weighted by Gasteiger charge is 2.37. The molecule has 4 rings (SSSR count). The summed E-state index contributed by atoms with van der Waals surface area (Å²) < 4.78 is 36.6. The van der Waals surface area contributed by atoms with Gasteiger partial charge in [-0.15, -0.1) is 0 Å². The fourth-order valence-corrected chi connectivity index (χ4v) is 5.19. The molecular formula is C25H18BrN3O9S. The first-order valence-electron chi connectivity index (χ1n) is 11.1. The van der Waals surface area contributed by atoms with Crippen molar-refractivity contribution in [3.05, 3.63) is 92.5 Å². The van der Waals surface area contributed by atoms with Gasteiger partial charge < -0.3 is 8.92 Å². The zero-order valence-electron chi connectivity index (χ0n) is 20.0. The van der Waals surface area contributed by atoms with Crippen molar-refractivity contribution in [1.29, 1.82) is 0 Å². The number of amides is 4. The maximum Gasteiger partial charge on any atom is 0.339 e. The number of nitro benzene ring substituents is 1. The van der Waals surface area contributed by atoms with Gasteiger partial charge in [0.15, 0.2) is 11.5 Å². The van der Waals surface area contributed by atoms with Crippen molar-refractivity contribution >= 4 is 61.3 Å². The van der Waals surface area contributed by atoms with Crippen molar-refractivity contribution in [2.75, 3.05) is 11.5 Å². The Balaban J connectivity index is 1.73. The molecule has 0 spiro atoms. The monoisotopic (exact) mass is 615 g/mol. The van der Waals surface area contributed by atoms with E-state index in [1.54, 1.807) is 13.0 Å². The average molecular weight is 616 g/mol. The molecule has 12 nitrogen and oxygen atoms in total. The Labute approximate surface area is 230 Å². The van der Waals surface area contributed by atoms with Gasteiger partial charge in [0.2, 0.25) is 0 Å². The molecule has 3 aromatic rings. The van der Waals surface area contributed by atoms with Crippen LogP contribution in [-0.4, -0.2) is 37.8 Å². The number of nitrogens with zero attached hydrogens (tertiary/aromatic N) is 2. The second-order valence-electron chi connectivity index (χ2n) is 7.85. The van der Waals surface area contributed by atoms with E-state index in [2.05, 4.69) is 15.9 Å². The van der Waals surface area contributed by atoms with Crippen molar-refractivity contribution in [2.24, 2.45) is 0 Å². The number of carbonyl (C=O) groups is 3. The van der Waals surface area contributed by atoms with Crippen molar-refractivity contribution in [3.8, 4) is 11.5 Å². The van der Waals surface area contributed by atoms with E-state index in [-0.39, 0.29) is 44.4 Å². The Kier molecular flexibility index (Phi) is 7.78. The summed E-state index contributed by atoms with van der Waals surface area (Å²) in [6, 6.07) is 13.9. The lowest BCUT2D eigenvalue weighted by Crippen LogP contribution is -2.54. The van der Waals surface area contributed by atoms with Crippen LogP contribution in [0, 0.1) is 10.1 Å². The Hall–Kier alpha value is -4.56. The van der Waals surface area contributed by atoms with Crippen LogP contribution in [0.5, 0.6) is 11.5 Å².